The second kappa shape index (κ2) is 4.91. The van der Waals surface area contributed by atoms with Gasteiger partial charge in [0.15, 0.2) is 0 Å². The van der Waals surface area contributed by atoms with Crippen LogP contribution in [0.15, 0.2) is 0 Å². The van der Waals surface area contributed by atoms with Gasteiger partial charge < -0.3 is 14.6 Å². The van der Waals surface area contributed by atoms with Crippen LogP contribution < -0.4 is 0 Å². The quantitative estimate of drug-likeness (QED) is 0.789. The number of amides is 1. The Bertz CT molecular complexity index is 333. The minimum Gasteiger partial charge on any atom is -0.480 e. The first-order valence-electron chi connectivity index (χ1n) is 6.06. The van der Waals surface area contributed by atoms with E-state index in [2.05, 4.69) is 0 Å². The maximum atomic E-state index is 11.9. The molecule has 17 heavy (non-hydrogen) atoms. The molecular weight excluding hydrogens is 226 g/mol. The highest BCUT2D eigenvalue weighted by Gasteiger charge is 2.41. The van der Waals surface area contributed by atoms with E-state index in [1.807, 2.05) is 0 Å². The fourth-order valence-electron chi connectivity index (χ4n) is 1.70. The van der Waals surface area contributed by atoms with Gasteiger partial charge in [0.05, 0.1) is 12.6 Å². The van der Waals surface area contributed by atoms with Crippen molar-refractivity contribution >= 4 is 12.1 Å². The molecule has 1 N–H and O–H groups in total. The summed E-state index contributed by atoms with van der Waals surface area (Å²) in [6, 6.07) is -0.927. The predicted molar refractivity (Wildman–Crippen MR) is 59.8 cm³/mol. The number of ether oxygens (including phenoxy) is 2. The van der Waals surface area contributed by atoms with Gasteiger partial charge in [-0.25, -0.2) is 9.59 Å². The second-order valence-corrected chi connectivity index (χ2v) is 4.73. The maximum absolute atomic E-state index is 11.9. The molecule has 0 aromatic heterocycles. The van der Waals surface area contributed by atoms with Gasteiger partial charge in [0.25, 0.3) is 0 Å². The number of hydrogen-bond donors (Lipinski definition) is 1. The third-order valence-electron chi connectivity index (χ3n) is 2.48. The number of carboxylic acid groups (broad SMARTS) is 1. The lowest BCUT2D eigenvalue weighted by Crippen LogP contribution is -2.43. The van der Waals surface area contributed by atoms with Crippen LogP contribution in [0.5, 0.6) is 0 Å². The van der Waals surface area contributed by atoms with Gasteiger partial charge in [-0.15, -0.1) is 0 Å². The highest BCUT2D eigenvalue weighted by molar-refractivity contribution is 5.81. The van der Waals surface area contributed by atoms with Crippen molar-refractivity contribution in [2.45, 2.75) is 44.9 Å². The third-order valence-corrected chi connectivity index (χ3v) is 2.48. The molecule has 0 aromatic carbocycles. The number of methoxy groups -OCH3 is 1. The van der Waals surface area contributed by atoms with Gasteiger partial charge >= 0.3 is 12.1 Å². The van der Waals surface area contributed by atoms with E-state index in [9.17, 15) is 9.59 Å². The summed E-state index contributed by atoms with van der Waals surface area (Å²) in [5.41, 5.74) is -0.925. The number of nitrogens with zero attached hydrogens (tertiary/aromatic N) is 1. The summed E-state index contributed by atoms with van der Waals surface area (Å²) in [5, 5.41) is 9.06. The van der Waals surface area contributed by atoms with Gasteiger partial charge in [-0.1, -0.05) is 0 Å². The average molecular weight is 246 g/mol. The minimum atomic E-state index is -1.07. The van der Waals surface area contributed by atoms with Crippen molar-refractivity contribution in [1.29, 1.82) is 0 Å². The van der Waals surface area contributed by atoms with Crippen LogP contribution in [0.4, 0.5) is 4.79 Å². The van der Waals surface area contributed by atoms with Crippen molar-refractivity contribution in [1.82, 2.24) is 4.90 Å². The lowest BCUT2D eigenvalue weighted by molar-refractivity contribution is -0.142. The van der Waals surface area contributed by atoms with Gasteiger partial charge in [-0.05, 0) is 20.7 Å². The Labute approximate surface area is 102 Å². The molecular formula is C11H19NO5. The Morgan fingerprint density at radius 3 is 2.65 bits per heavy atom. The molecule has 6 heteroatoms. The van der Waals surface area contributed by atoms with Crippen LogP contribution in [0.1, 0.15) is 28.5 Å². The van der Waals surface area contributed by atoms with Crippen molar-refractivity contribution < 1.29 is 25.5 Å². The van der Waals surface area contributed by atoms with Crippen LogP contribution in [-0.4, -0.2) is 53.5 Å². The van der Waals surface area contributed by atoms with E-state index in [4.69, 9.17) is 16.0 Å². The molecule has 0 radical (unpaired) electrons. The summed E-state index contributed by atoms with van der Waals surface area (Å²) < 4.78 is 17.4. The molecule has 6 nitrogen and oxygen atoms in total. The number of carboxylic acids is 1. The van der Waals surface area contributed by atoms with Crippen molar-refractivity contribution in [2.75, 3.05) is 13.7 Å². The first kappa shape index (κ1) is 12.2. The number of carbonyl (C=O) groups excluding carboxylic acids is 1. The number of aliphatic carboxylic acids is 1. The molecule has 1 aliphatic heterocycles. The zero-order valence-electron chi connectivity index (χ0n) is 11.3. The van der Waals surface area contributed by atoms with Crippen LogP contribution in [0.25, 0.3) is 0 Å². The van der Waals surface area contributed by atoms with Crippen molar-refractivity contribution in [2.24, 2.45) is 0 Å². The zero-order valence-corrected chi connectivity index (χ0v) is 10.3. The van der Waals surface area contributed by atoms with E-state index >= 15 is 0 Å². The van der Waals surface area contributed by atoms with Crippen molar-refractivity contribution in [3.05, 3.63) is 0 Å². The van der Waals surface area contributed by atoms with E-state index < -0.39 is 23.7 Å². The minimum absolute atomic E-state index is 0.0853. The van der Waals surface area contributed by atoms with Crippen LogP contribution in [0, 0.1) is 0 Å². The summed E-state index contributed by atoms with van der Waals surface area (Å²) in [7, 11) is 1.48. The summed E-state index contributed by atoms with van der Waals surface area (Å²) in [5.74, 6) is -1.07. The summed E-state index contributed by atoms with van der Waals surface area (Å²) in [6.07, 6.45) is -0.751. The van der Waals surface area contributed by atoms with Gasteiger partial charge in [0.2, 0.25) is 0 Å². The molecule has 0 aliphatic carbocycles. The van der Waals surface area contributed by atoms with E-state index in [0.717, 1.165) is 4.90 Å². The van der Waals surface area contributed by atoms with Crippen LogP contribution >= 0.6 is 0 Å². The van der Waals surface area contributed by atoms with Crippen LogP contribution in [0.2, 0.25) is 0 Å². The Morgan fingerprint density at radius 2 is 2.18 bits per heavy atom. The molecule has 1 saturated heterocycles. The summed E-state index contributed by atoms with van der Waals surface area (Å²) >= 11 is 0. The van der Waals surface area contributed by atoms with E-state index in [0.29, 0.717) is 0 Å². The Morgan fingerprint density at radius 1 is 1.53 bits per heavy atom. The SMILES string of the molecule is [2H]CC(C)(C)OC(=O)N1C[C@H](OC)C[C@H]1C(=O)O. The molecule has 1 aliphatic rings. The van der Waals surface area contributed by atoms with E-state index in [1.165, 1.54) is 7.11 Å². The van der Waals surface area contributed by atoms with Crippen LogP contribution in [-0.2, 0) is 14.3 Å². The van der Waals surface area contributed by atoms with Crippen LogP contribution in [0.3, 0.4) is 0 Å². The van der Waals surface area contributed by atoms with E-state index in [-0.39, 0.29) is 26.0 Å². The molecule has 0 unspecified atom stereocenters. The third kappa shape index (κ3) is 3.59. The molecule has 0 bridgehead atoms. The van der Waals surface area contributed by atoms with Crippen molar-refractivity contribution in [3.8, 4) is 0 Å². The molecule has 1 amide bonds. The number of hydrogen-bond acceptors (Lipinski definition) is 4. The molecule has 0 saturated carbocycles. The number of rotatable bonds is 2. The standard InChI is InChI=1S/C11H19NO5/c1-11(2,3)17-10(15)12-6-7(16-4)5-8(12)9(13)14/h7-8H,5-6H2,1-4H3,(H,13,14)/t7-,8+/m1/s1/i1D. The lowest BCUT2D eigenvalue weighted by Gasteiger charge is -2.26. The Kier molecular flexibility index (Phi) is 3.51. The van der Waals surface area contributed by atoms with Crippen molar-refractivity contribution in [3.63, 3.8) is 0 Å². The fourth-order valence-corrected chi connectivity index (χ4v) is 1.70. The molecule has 1 fully saturated rings. The van der Waals surface area contributed by atoms with E-state index in [1.54, 1.807) is 13.8 Å². The highest BCUT2D eigenvalue weighted by Crippen LogP contribution is 2.22. The zero-order chi connectivity index (χ0) is 13.9. The lowest BCUT2D eigenvalue weighted by atomic mass is 10.2. The number of likely N-dealkylation sites (tertiary alicyclic amines) is 1. The highest BCUT2D eigenvalue weighted by atomic mass is 16.6. The monoisotopic (exact) mass is 246 g/mol. The first-order valence-corrected chi connectivity index (χ1v) is 5.35. The maximum Gasteiger partial charge on any atom is 0.411 e. The molecule has 2 atom stereocenters. The normalized spacial score (nSPS) is 25.6. The fraction of sp³-hybridized carbons (Fsp3) is 0.818. The Balaban J connectivity index is 2.74. The Hall–Kier alpha value is -1.30. The van der Waals surface area contributed by atoms with Gasteiger partial charge in [0.1, 0.15) is 11.6 Å². The molecule has 98 valence electrons. The molecule has 0 aromatic rings. The van der Waals surface area contributed by atoms with Gasteiger partial charge in [-0.2, -0.15) is 0 Å². The molecule has 0 spiro atoms. The largest absolute Gasteiger partial charge is 0.480 e. The predicted octanol–water partition coefficient (Wildman–Crippen LogP) is 1.10. The van der Waals surface area contributed by atoms with Gasteiger partial charge in [0, 0.05) is 14.9 Å². The summed E-state index contributed by atoms with van der Waals surface area (Å²) in [4.78, 5) is 24.1. The topological polar surface area (TPSA) is 76.1 Å². The smallest absolute Gasteiger partial charge is 0.411 e. The van der Waals surface area contributed by atoms with Gasteiger partial charge in [-0.3, -0.25) is 4.90 Å². The first-order chi connectivity index (χ1) is 8.30. The average Bonchev–Trinajstić information content (AvgIpc) is 2.72. The second-order valence-electron chi connectivity index (χ2n) is 4.73. The molecule has 1 rings (SSSR count). The molecule has 1 heterocycles. The number of carbonyl (C=O) groups is 2. The summed E-state index contributed by atoms with van der Waals surface area (Å²) in [6.45, 7) is 3.33.